The molecule has 28 heavy (non-hydrogen) atoms. The third-order valence-electron chi connectivity index (χ3n) is 5.70. The van der Waals surface area contributed by atoms with Gasteiger partial charge in [-0.1, -0.05) is 12.1 Å². The molecule has 1 aromatic carbocycles. The molecular weight excluding hydrogens is 356 g/mol. The van der Waals surface area contributed by atoms with Gasteiger partial charge in [-0.3, -0.25) is 9.59 Å². The zero-order valence-corrected chi connectivity index (χ0v) is 17.6. The van der Waals surface area contributed by atoms with E-state index in [4.69, 9.17) is 10.6 Å². The summed E-state index contributed by atoms with van der Waals surface area (Å²) in [4.78, 5) is 30.0. The average Bonchev–Trinajstić information content (AvgIpc) is 2.62. The highest BCUT2D eigenvalue weighted by molar-refractivity contribution is 6.23. The normalized spacial score (nSPS) is 17.9. The number of hydrogen-bond acceptors (Lipinski definition) is 5. The SMILES string of the molecule is CCON=C(CC)C1=C(O)CC(c2c(C)c(C)c(C)c(C(N)=O)c2C)CC1=O. The van der Waals surface area contributed by atoms with Crippen molar-refractivity contribution in [3.8, 4) is 0 Å². The first-order valence-corrected chi connectivity index (χ1v) is 9.70. The van der Waals surface area contributed by atoms with E-state index >= 15 is 0 Å². The summed E-state index contributed by atoms with van der Waals surface area (Å²) < 4.78 is 0. The van der Waals surface area contributed by atoms with Gasteiger partial charge in [0.1, 0.15) is 12.4 Å². The van der Waals surface area contributed by atoms with Crippen LogP contribution in [0.25, 0.3) is 0 Å². The summed E-state index contributed by atoms with van der Waals surface area (Å²) in [5, 5.41) is 14.7. The van der Waals surface area contributed by atoms with Gasteiger partial charge in [0.05, 0.1) is 11.3 Å². The Bertz CT molecular complexity index is 881. The van der Waals surface area contributed by atoms with Crippen LogP contribution in [0.5, 0.6) is 0 Å². The van der Waals surface area contributed by atoms with E-state index in [1.54, 1.807) is 0 Å². The summed E-state index contributed by atoms with van der Waals surface area (Å²) in [5.41, 5.74) is 11.5. The molecule has 6 nitrogen and oxygen atoms in total. The van der Waals surface area contributed by atoms with Gasteiger partial charge in [-0.25, -0.2) is 0 Å². The number of carbonyl (C=O) groups excluding carboxylic acids is 2. The van der Waals surface area contributed by atoms with Crippen molar-refractivity contribution in [1.82, 2.24) is 0 Å². The van der Waals surface area contributed by atoms with Gasteiger partial charge < -0.3 is 15.7 Å². The summed E-state index contributed by atoms with van der Waals surface area (Å²) in [5.74, 6) is -0.816. The lowest BCUT2D eigenvalue weighted by atomic mass is 9.75. The lowest BCUT2D eigenvalue weighted by Crippen LogP contribution is -2.26. The minimum absolute atomic E-state index is 0.0270. The molecule has 1 aromatic rings. The van der Waals surface area contributed by atoms with Crippen molar-refractivity contribution in [2.45, 2.75) is 66.7 Å². The van der Waals surface area contributed by atoms with Crippen LogP contribution >= 0.6 is 0 Å². The van der Waals surface area contributed by atoms with Gasteiger partial charge in [0.15, 0.2) is 5.78 Å². The molecule has 152 valence electrons. The molecule has 1 aliphatic carbocycles. The molecule has 0 spiro atoms. The number of primary amides is 1. The Morgan fingerprint density at radius 3 is 2.25 bits per heavy atom. The molecule has 1 unspecified atom stereocenters. The number of oxime groups is 1. The Balaban J connectivity index is 2.57. The van der Waals surface area contributed by atoms with E-state index in [1.807, 2.05) is 41.5 Å². The molecule has 3 N–H and O–H groups in total. The van der Waals surface area contributed by atoms with Crippen molar-refractivity contribution in [2.75, 3.05) is 6.61 Å². The minimum Gasteiger partial charge on any atom is -0.511 e. The van der Waals surface area contributed by atoms with Gasteiger partial charge in [-0.15, -0.1) is 0 Å². The largest absolute Gasteiger partial charge is 0.511 e. The maximum atomic E-state index is 12.9. The van der Waals surface area contributed by atoms with Gasteiger partial charge in [0.2, 0.25) is 5.91 Å². The number of carbonyl (C=O) groups is 2. The predicted molar refractivity (Wildman–Crippen MR) is 110 cm³/mol. The highest BCUT2D eigenvalue weighted by Crippen LogP contribution is 2.40. The quantitative estimate of drug-likeness (QED) is 0.568. The molecule has 2 rings (SSSR count). The molecule has 1 aliphatic rings. The summed E-state index contributed by atoms with van der Waals surface area (Å²) >= 11 is 0. The lowest BCUT2D eigenvalue weighted by Gasteiger charge is -2.29. The topological polar surface area (TPSA) is 102 Å². The van der Waals surface area contributed by atoms with Crippen LogP contribution in [0.1, 0.15) is 77.2 Å². The first-order chi connectivity index (χ1) is 13.1. The Hall–Kier alpha value is -2.63. The van der Waals surface area contributed by atoms with Crippen LogP contribution in [0.4, 0.5) is 0 Å². The number of nitrogens with zero attached hydrogens (tertiary/aromatic N) is 1. The fourth-order valence-corrected chi connectivity index (χ4v) is 4.21. The van der Waals surface area contributed by atoms with Crippen LogP contribution < -0.4 is 5.73 Å². The van der Waals surface area contributed by atoms with Crippen LogP contribution in [-0.2, 0) is 9.63 Å². The van der Waals surface area contributed by atoms with E-state index < -0.39 is 5.91 Å². The van der Waals surface area contributed by atoms with E-state index in [-0.39, 0.29) is 29.5 Å². The fraction of sp³-hybridized carbons (Fsp3) is 0.500. The molecule has 1 amide bonds. The number of ketones is 1. The number of hydrogen-bond donors (Lipinski definition) is 2. The van der Waals surface area contributed by atoms with E-state index in [1.165, 1.54) is 0 Å². The number of rotatable bonds is 6. The molecule has 0 saturated carbocycles. The summed E-state index contributed by atoms with van der Waals surface area (Å²) in [6.07, 6.45) is 1.05. The lowest BCUT2D eigenvalue weighted by molar-refractivity contribution is -0.116. The van der Waals surface area contributed by atoms with Crippen LogP contribution in [0.15, 0.2) is 16.5 Å². The number of allylic oxidation sites excluding steroid dienone is 2. The summed E-state index contributed by atoms with van der Waals surface area (Å²) in [7, 11) is 0. The molecule has 6 heteroatoms. The van der Waals surface area contributed by atoms with Gasteiger partial charge in [-0.05, 0) is 74.8 Å². The maximum Gasteiger partial charge on any atom is 0.249 e. The van der Waals surface area contributed by atoms with E-state index in [2.05, 4.69) is 5.16 Å². The molecule has 0 saturated heterocycles. The van der Waals surface area contributed by atoms with Crippen LogP contribution in [0.3, 0.4) is 0 Å². The van der Waals surface area contributed by atoms with E-state index in [9.17, 15) is 14.7 Å². The van der Waals surface area contributed by atoms with Crippen LogP contribution in [0.2, 0.25) is 0 Å². The molecular formula is C22H30N2O4. The number of aliphatic hydroxyl groups is 1. The van der Waals surface area contributed by atoms with Gasteiger partial charge >= 0.3 is 0 Å². The predicted octanol–water partition coefficient (Wildman–Crippen LogP) is 4.08. The highest BCUT2D eigenvalue weighted by Gasteiger charge is 2.34. The summed E-state index contributed by atoms with van der Waals surface area (Å²) in [6, 6.07) is 0. The number of benzene rings is 1. The third kappa shape index (κ3) is 3.81. The van der Waals surface area contributed by atoms with Gasteiger partial charge in [-0.2, -0.15) is 0 Å². The molecule has 0 aromatic heterocycles. The highest BCUT2D eigenvalue weighted by atomic mass is 16.6. The summed E-state index contributed by atoms with van der Waals surface area (Å²) in [6.45, 7) is 11.8. The molecule has 1 atom stereocenters. The van der Waals surface area contributed by atoms with Crippen molar-refractivity contribution < 1.29 is 19.5 Å². The number of amides is 1. The van der Waals surface area contributed by atoms with Crippen LogP contribution in [-0.4, -0.2) is 29.1 Å². The first kappa shape index (κ1) is 21.7. The molecule has 0 aliphatic heterocycles. The van der Waals surface area contributed by atoms with E-state index in [0.29, 0.717) is 30.7 Å². The number of Topliss-reactive ketones (excluding diaryl/α,β-unsaturated/α-hetero) is 1. The zero-order valence-electron chi connectivity index (χ0n) is 17.6. The number of nitrogens with two attached hydrogens (primary N) is 1. The Labute approximate surface area is 166 Å². The Morgan fingerprint density at radius 1 is 1.11 bits per heavy atom. The second-order valence-corrected chi connectivity index (χ2v) is 7.31. The first-order valence-electron chi connectivity index (χ1n) is 9.70. The third-order valence-corrected chi connectivity index (χ3v) is 5.70. The zero-order chi connectivity index (χ0) is 21.2. The number of aliphatic hydroxyl groups excluding tert-OH is 1. The fourth-order valence-electron chi connectivity index (χ4n) is 4.21. The molecule has 0 bridgehead atoms. The Morgan fingerprint density at radius 2 is 1.75 bits per heavy atom. The average molecular weight is 386 g/mol. The van der Waals surface area contributed by atoms with Crippen molar-refractivity contribution in [1.29, 1.82) is 0 Å². The second-order valence-electron chi connectivity index (χ2n) is 7.31. The Kier molecular flexibility index (Phi) is 6.65. The van der Waals surface area contributed by atoms with Crippen molar-refractivity contribution >= 4 is 17.4 Å². The molecule has 0 radical (unpaired) electrons. The van der Waals surface area contributed by atoms with Gasteiger partial charge in [0, 0.05) is 18.4 Å². The molecule has 0 heterocycles. The van der Waals surface area contributed by atoms with Gasteiger partial charge in [0.25, 0.3) is 0 Å². The minimum atomic E-state index is -0.473. The van der Waals surface area contributed by atoms with Crippen molar-refractivity contribution in [3.63, 3.8) is 0 Å². The molecule has 0 fully saturated rings. The smallest absolute Gasteiger partial charge is 0.249 e. The van der Waals surface area contributed by atoms with Crippen LogP contribution in [0, 0.1) is 27.7 Å². The standard InChI is InChI=1S/C22H30N2O4/c1-7-16(24-28-8-2)21-17(25)9-15(10-18(21)26)19-12(4)11(3)13(5)20(14(19)6)22(23)27/h15,25H,7-10H2,1-6H3,(H2,23,27). The van der Waals surface area contributed by atoms with Crippen molar-refractivity contribution in [3.05, 3.63) is 44.7 Å². The monoisotopic (exact) mass is 386 g/mol. The maximum absolute atomic E-state index is 12.9. The van der Waals surface area contributed by atoms with E-state index in [0.717, 1.165) is 27.8 Å². The van der Waals surface area contributed by atoms with Crippen molar-refractivity contribution in [2.24, 2.45) is 10.9 Å². The second kappa shape index (κ2) is 8.59.